The van der Waals surface area contributed by atoms with Gasteiger partial charge in [-0.15, -0.1) is 5.54 Å². The van der Waals surface area contributed by atoms with Crippen molar-refractivity contribution in [1.82, 2.24) is 0 Å². The highest BCUT2D eigenvalue weighted by Crippen LogP contribution is 2.07. The molecule has 0 aliphatic rings. The zero-order valence-corrected chi connectivity index (χ0v) is 11.8. The number of hydrogen-bond acceptors (Lipinski definition) is 0. The van der Waals surface area contributed by atoms with E-state index >= 15 is 0 Å². The minimum absolute atomic E-state index is 0.986. The predicted molar refractivity (Wildman–Crippen MR) is 72.5 cm³/mol. The van der Waals surface area contributed by atoms with Crippen molar-refractivity contribution >= 4 is 24.0 Å². The molecule has 0 aromatic heterocycles. The Labute approximate surface area is 101 Å². The SMILES string of the molecule is C[Si](C)(C)C#Cc1ccccc1C#CBr. The molecule has 0 aliphatic heterocycles. The maximum atomic E-state index is 3.34. The van der Waals surface area contributed by atoms with Crippen molar-refractivity contribution in [2.75, 3.05) is 0 Å². The van der Waals surface area contributed by atoms with Crippen molar-refractivity contribution in [1.29, 1.82) is 0 Å². The second-order valence-electron chi connectivity index (χ2n) is 4.27. The van der Waals surface area contributed by atoms with E-state index in [1.165, 1.54) is 0 Å². The van der Waals surface area contributed by atoms with Crippen molar-refractivity contribution in [3.05, 3.63) is 35.4 Å². The van der Waals surface area contributed by atoms with Gasteiger partial charge >= 0.3 is 0 Å². The van der Waals surface area contributed by atoms with E-state index in [1.54, 1.807) is 0 Å². The molecular weight excluding hydrogens is 264 g/mol. The highest BCUT2D eigenvalue weighted by Gasteiger charge is 2.07. The summed E-state index contributed by atoms with van der Waals surface area (Å²) in [7, 11) is -1.31. The van der Waals surface area contributed by atoms with Crippen LogP contribution in [0.5, 0.6) is 0 Å². The summed E-state index contributed by atoms with van der Waals surface area (Å²) < 4.78 is 0. The maximum absolute atomic E-state index is 3.34. The molecule has 0 bridgehead atoms. The van der Waals surface area contributed by atoms with Gasteiger partial charge in [0.1, 0.15) is 8.07 Å². The summed E-state index contributed by atoms with van der Waals surface area (Å²) in [4.78, 5) is 2.73. The first-order chi connectivity index (χ1) is 7.03. The van der Waals surface area contributed by atoms with Crippen molar-refractivity contribution < 1.29 is 0 Å². The van der Waals surface area contributed by atoms with Gasteiger partial charge in [0.2, 0.25) is 0 Å². The first-order valence-electron chi connectivity index (χ1n) is 4.77. The van der Waals surface area contributed by atoms with Crippen molar-refractivity contribution in [2.24, 2.45) is 0 Å². The van der Waals surface area contributed by atoms with Gasteiger partial charge in [-0.2, -0.15) is 0 Å². The third kappa shape index (κ3) is 4.38. The lowest BCUT2D eigenvalue weighted by Gasteiger charge is -2.03. The van der Waals surface area contributed by atoms with Crippen LogP contribution in [0, 0.1) is 22.2 Å². The second-order valence-corrected chi connectivity index (χ2v) is 9.41. The largest absolute Gasteiger partial charge is 0.129 e. The van der Waals surface area contributed by atoms with Gasteiger partial charge < -0.3 is 0 Å². The Bertz CT molecular complexity index is 461. The average molecular weight is 277 g/mol. The molecule has 2 heteroatoms. The van der Waals surface area contributed by atoms with E-state index in [0.29, 0.717) is 0 Å². The van der Waals surface area contributed by atoms with Gasteiger partial charge in [0.05, 0.1) is 0 Å². The molecule has 1 rings (SSSR count). The molecule has 0 amide bonds. The van der Waals surface area contributed by atoms with Crippen LogP contribution in [0.2, 0.25) is 19.6 Å². The molecule has 0 fully saturated rings. The first kappa shape index (κ1) is 12.1. The Morgan fingerprint density at radius 3 is 2.00 bits per heavy atom. The van der Waals surface area contributed by atoms with Gasteiger partial charge in [-0.3, -0.25) is 0 Å². The molecule has 0 aliphatic carbocycles. The number of rotatable bonds is 0. The summed E-state index contributed by atoms with van der Waals surface area (Å²) in [6.07, 6.45) is 0. The van der Waals surface area contributed by atoms with Crippen LogP contribution in [-0.2, 0) is 0 Å². The van der Waals surface area contributed by atoms with Gasteiger partial charge in [-0.1, -0.05) is 43.6 Å². The van der Waals surface area contributed by atoms with Crippen molar-refractivity contribution in [3.8, 4) is 22.2 Å². The Kier molecular flexibility index (Phi) is 4.21. The van der Waals surface area contributed by atoms with Crippen LogP contribution < -0.4 is 0 Å². The number of halogens is 1. The van der Waals surface area contributed by atoms with E-state index in [2.05, 4.69) is 57.8 Å². The molecule has 0 heterocycles. The lowest BCUT2D eigenvalue weighted by Crippen LogP contribution is -2.16. The van der Waals surface area contributed by atoms with Gasteiger partial charge in [-0.05, 0) is 17.0 Å². The molecule has 0 N–H and O–H groups in total. The maximum Gasteiger partial charge on any atom is 0.129 e. The summed E-state index contributed by atoms with van der Waals surface area (Å²) in [5.74, 6) is 6.22. The van der Waals surface area contributed by atoms with E-state index < -0.39 is 8.07 Å². The monoisotopic (exact) mass is 276 g/mol. The molecule has 1 aromatic rings. The van der Waals surface area contributed by atoms with Crippen molar-refractivity contribution in [2.45, 2.75) is 19.6 Å². The summed E-state index contributed by atoms with van der Waals surface area (Å²) in [6.45, 7) is 6.70. The zero-order chi connectivity index (χ0) is 11.3. The second kappa shape index (κ2) is 5.21. The third-order valence-corrected chi connectivity index (χ3v) is 2.75. The summed E-state index contributed by atoms with van der Waals surface area (Å²) in [5.41, 5.74) is 5.35. The molecule has 76 valence electrons. The van der Waals surface area contributed by atoms with E-state index in [0.717, 1.165) is 11.1 Å². The molecular formula is C13H13BrSi. The highest BCUT2D eigenvalue weighted by molar-refractivity contribution is 9.12. The van der Waals surface area contributed by atoms with E-state index in [1.807, 2.05) is 24.3 Å². The quantitative estimate of drug-likeness (QED) is 0.502. The van der Waals surface area contributed by atoms with E-state index in [9.17, 15) is 0 Å². The number of benzene rings is 1. The summed E-state index contributed by atoms with van der Waals surface area (Å²) in [5, 5.41) is 0. The van der Waals surface area contributed by atoms with Gasteiger partial charge in [0.15, 0.2) is 0 Å². The predicted octanol–water partition coefficient (Wildman–Crippen LogP) is 3.62. The molecule has 0 radical (unpaired) electrons. The normalized spacial score (nSPS) is 9.60. The zero-order valence-electron chi connectivity index (χ0n) is 9.19. The van der Waals surface area contributed by atoms with Crippen LogP contribution in [0.3, 0.4) is 0 Å². The van der Waals surface area contributed by atoms with E-state index in [4.69, 9.17) is 0 Å². The molecule has 0 atom stereocenters. The lowest BCUT2D eigenvalue weighted by molar-refractivity contribution is 1.59. The van der Waals surface area contributed by atoms with Crippen LogP contribution in [-0.4, -0.2) is 8.07 Å². The van der Waals surface area contributed by atoms with Crippen LogP contribution in [0.15, 0.2) is 24.3 Å². The highest BCUT2D eigenvalue weighted by atomic mass is 79.9. The average Bonchev–Trinajstić information content (AvgIpc) is 2.16. The Morgan fingerprint density at radius 2 is 1.53 bits per heavy atom. The molecule has 0 saturated heterocycles. The topological polar surface area (TPSA) is 0 Å². The summed E-state index contributed by atoms with van der Waals surface area (Å²) >= 11 is 3.11. The van der Waals surface area contributed by atoms with Gasteiger partial charge in [-0.25, -0.2) is 0 Å². The first-order valence-corrected chi connectivity index (χ1v) is 9.06. The Morgan fingerprint density at radius 1 is 1.00 bits per heavy atom. The third-order valence-electron chi connectivity index (χ3n) is 1.68. The number of hydrogen-bond donors (Lipinski definition) is 0. The Balaban J connectivity index is 3.12. The van der Waals surface area contributed by atoms with Crippen LogP contribution >= 0.6 is 15.9 Å². The van der Waals surface area contributed by atoms with Crippen LogP contribution in [0.4, 0.5) is 0 Å². The van der Waals surface area contributed by atoms with Crippen LogP contribution in [0.25, 0.3) is 0 Å². The van der Waals surface area contributed by atoms with Crippen LogP contribution in [0.1, 0.15) is 11.1 Å². The fourth-order valence-electron chi connectivity index (χ4n) is 1.01. The van der Waals surface area contributed by atoms with Crippen molar-refractivity contribution in [3.63, 3.8) is 0 Å². The van der Waals surface area contributed by atoms with E-state index in [-0.39, 0.29) is 0 Å². The smallest absolute Gasteiger partial charge is 0.127 e. The lowest BCUT2D eigenvalue weighted by atomic mass is 10.1. The minimum atomic E-state index is -1.31. The molecule has 0 spiro atoms. The molecule has 0 saturated carbocycles. The molecule has 0 nitrogen and oxygen atoms in total. The van der Waals surface area contributed by atoms with Gasteiger partial charge in [0, 0.05) is 27.1 Å². The fourth-order valence-corrected chi connectivity index (χ4v) is 1.73. The fraction of sp³-hybridized carbons (Fsp3) is 0.231. The molecule has 1 aromatic carbocycles. The standard InChI is InChI=1S/C13H13BrSi/c1-15(2,3)11-9-13-7-5-4-6-12(13)8-10-14/h4-7H,1-3H3. The Hall–Kier alpha value is -0.963. The summed E-state index contributed by atoms with van der Waals surface area (Å²) in [6, 6.07) is 7.97. The molecule has 0 unspecified atom stereocenters. The minimum Gasteiger partial charge on any atom is -0.127 e. The van der Waals surface area contributed by atoms with Gasteiger partial charge in [0.25, 0.3) is 0 Å². The molecule has 15 heavy (non-hydrogen) atoms.